The molecule has 2 saturated carbocycles. The van der Waals surface area contributed by atoms with Crippen LogP contribution < -0.4 is 5.32 Å². The molecule has 3 aliphatic rings. The Hall–Kier alpha value is -2.03. The van der Waals surface area contributed by atoms with Gasteiger partial charge in [-0.3, -0.25) is 9.69 Å². The van der Waals surface area contributed by atoms with Crippen molar-refractivity contribution in [1.82, 2.24) is 10.2 Å². The van der Waals surface area contributed by atoms with E-state index in [1.54, 1.807) is 0 Å². The van der Waals surface area contributed by atoms with Gasteiger partial charge in [-0.05, 0) is 55.6 Å². The summed E-state index contributed by atoms with van der Waals surface area (Å²) < 4.78 is -0.146. The molecule has 1 N–H and O–H groups in total. The lowest BCUT2D eigenvalue weighted by Gasteiger charge is -2.44. The van der Waals surface area contributed by atoms with Crippen molar-refractivity contribution in [3.63, 3.8) is 0 Å². The van der Waals surface area contributed by atoms with Gasteiger partial charge in [-0.15, -0.1) is 11.8 Å². The summed E-state index contributed by atoms with van der Waals surface area (Å²) in [7, 11) is 0. The highest BCUT2D eigenvalue weighted by molar-refractivity contribution is 8.02. The Kier molecular flexibility index (Phi) is 9.73. The summed E-state index contributed by atoms with van der Waals surface area (Å²) in [6.45, 7) is 5.45. The molecule has 2 atom stereocenters. The molecule has 4 rings (SSSR count). The predicted molar refractivity (Wildman–Crippen MR) is 152 cm³/mol. The maximum absolute atomic E-state index is 13.2. The van der Waals surface area contributed by atoms with Gasteiger partial charge in [0.15, 0.2) is 0 Å². The van der Waals surface area contributed by atoms with E-state index in [1.807, 2.05) is 11.8 Å². The van der Waals surface area contributed by atoms with E-state index in [4.69, 9.17) is 5.26 Å². The van der Waals surface area contributed by atoms with Gasteiger partial charge in [0.1, 0.15) is 6.54 Å². The molecule has 4 nitrogen and oxygen atoms in total. The van der Waals surface area contributed by atoms with Crippen LogP contribution in [0.2, 0.25) is 0 Å². The van der Waals surface area contributed by atoms with Crippen molar-refractivity contribution in [1.29, 1.82) is 5.26 Å². The lowest BCUT2D eigenvalue weighted by molar-refractivity contribution is -0.120. The lowest BCUT2D eigenvalue weighted by atomic mass is 9.90. The Morgan fingerprint density at radius 3 is 2.28 bits per heavy atom. The molecule has 0 saturated heterocycles. The number of rotatable bonds is 11. The Balaban J connectivity index is 1.62. The second kappa shape index (κ2) is 13.0. The Morgan fingerprint density at radius 1 is 1.11 bits per heavy atom. The zero-order chi connectivity index (χ0) is 25.4. The van der Waals surface area contributed by atoms with Gasteiger partial charge < -0.3 is 5.32 Å². The van der Waals surface area contributed by atoms with E-state index >= 15 is 0 Å². The third-order valence-electron chi connectivity index (χ3n) is 8.08. The zero-order valence-corrected chi connectivity index (χ0v) is 22.9. The van der Waals surface area contributed by atoms with Crippen LogP contribution in [0.25, 0.3) is 5.57 Å². The molecule has 1 aromatic carbocycles. The van der Waals surface area contributed by atoms with Gasteiger partial charge in [0.2, 0.25) is 5.91 Å². The van der Waals surface area contributed by atoms with E-state index in [9.17, 15) is 4.79 Å². The summed E-state index contributed by atoms with van der Waals surface area (Å²) in [4.78, 5) is 16.1. The van der Waals surface area contributed by atoms with Crippen molar-refractivity contribution < 1.29 is 4.79 Å². The Labute approximate surface area is 222 Å². The normalized spacial score (nSPS) is 23.7. The van der Waals surface area contributed by atoms with Crippen LogP contribution in [0.1, 0.15) is 83.6 Å². The number of nitrogens with zero attached hydrogens (tertiary/aromatic N) is 2. The van der Waals surface area contributed by atoms with Gasteiger partial charge in [-0.25, -0.2) is 0 Å². The fourth-order valence-corrected chi connectivity index (χ4v) is 8.03. The fraction of sp³-hybridized carbons (Fsp3) is 0.613. The SMILES string of the molecule is CC(C)CC(SC1(CN(C2CCCC2)C2CCCC2)C=CC(c2ccccc2)=CC1)C(=O)NCC#N. The molecule has 0 aliphatic heterocycles. The smallest absolute Gasteiger partial charge is 0.233 e. The number of benzene rings is 1. The van der Waals surface area contributed by atoms with Crippen LogP contribution in [0.4, 0.5) is 0 Å². The molecule has 36 heavy (non-hydrogen) atoms. The summed E-state index contributed by atoms with van der Waals surface area (Å²) >= 11 is 1.85. The topological polar surface area (TPSA) is 56.1 Å². The molecule has 2 fully saturated rings. The van der Waals surface area contributed by atoms with E-state index < -0.39 is 0 Å². The number of carbonyl (C=O) groups excluding carboxylic acids is 1. The van der Waals surface area contributed by atoms with Crippen LogP contribution in [0.3, 0.4) is 0 Å². The van der Waals surface area contributed by atoms with Crippen molar-refractivity contribution >= 4 is 23.2 Å². The summed E-state index contributed by atoms with van der Waals surface area (Å²) in [5, 5.41) is 11.8. The van der Waals surface area contributed by atoms with Gasteiger partial charge >= 0.3 is 0 Å². The summed E-state index contributed by atoms with van der Waals surface area (Å²) in [5.74, 6) is 0.422. The average Bonchev–Trinajstić information content (AvgIpc) is 3.61. The quantitative estimate of drug-likeness (QED) is 0.338. The van der Waals surface area contributed by atoms with Crippen LogP contribution in [0.5, 0.6) is 0 Å². The van der Waals surface area contributed by atoms with Gasteiger partial charge in [0.05, 0.1) is 16.1 Å². The van der Waals surface area contributed by atoms with E-state index in [2.05, 4.69) is 78.7 Å². The molecule has 3 aliphatic carbocycles. The molecule has 5 heteroatoms. The number of allylic oxidation sites excluding steroid dienone is 3. The maximum atomic E-state index is 13.2. The van der Waals surface area contributed by atoms with E-state index in [1.165, 1.54) is 62.5 Å². The average molecular weight is 506 g/mol. The highest BCUT2D eigenvalue weighted by Crippen LogP contribution is 2.44. The minimum Gasteiger partial charge on any atom is -0.342 e. The van der Waals surface area contributed by atoms with E-state index in [0.717, 1.165) is 19.4 Å². The van der Waals surface area contributed by atoms with Gasteiger partial charge in [-0.1, -0.05) is 88.1 Å². The van der Waals surface area contributed by atoms with Crippen LogP contribution in [0, 0.1) is 17.2 Å². The molecule has 194 valence electrons. The van der Waals surface area contributed by atoms with Crippen LogP contribution in [-0.4, -0.2) is 46.0 Å². The molecule has 0 radical (unpaired) electrons. The molecular formula is C31H43N3OS. The zero-order valence-electron chi connectivity index (χ0n) is 22.1. The van der Waals surface area contributed by atoms with E-state index in [-0.39, 0.29) is 22.4 Å². The molecule has 0 aromatic heterocycles. The summed E-state index contributed by atoms with van der Waals surface area (Å²) in [6.07, 6.45) is 19.5. The lowest BCUT2D eigenvalue weighted by Crippen LogP contribution is -2.50. The summed E-state index contributed by atoms with van der Waals surface area (Å²) in [5.41, 5.74) is 2.52. The van der Waals surface area contributed by atoms with Crippen LogP contribution >= 0.6 is 11.8 Å². The van der Waals surface area contributed by atoms with Crippen molar-refractivity contribution in [3.8, 4) is 6.07 Å². The Morgan fingerprint density at radius 2 is 1.75 bits per heavy atom. The highest BCUT2D eigenvalue weighted by Gasteiger charge is 2.41. The first kappa shape index (κ1) is 27.0. The molecule has 1 aromatic rings. The molecule has 0 bridgehead atoms. The predicted octanol–water partition coefficient (Wildman–Crippen LogP) is 6.74. The van der Waals surface area contributed by atoms with Gasteiger partial charge in [-0.2, -0.15) is 5.26 Å². The molecule has 1 amide bonds. The van der Waals surface area contributed by atoms with E-state index in [0.29, 0.717) is 18.0 Å². The van der Waals surface area contributed by atoms with Gasteiger partial charge in [0, 0.05) is 18.6 Å². The van der Waals surface area contributed by atoms with Gasteiger partial charge in [0.25, 0.3) is 0 Å². The maximum Gasteiger partial charge on any atom is 0.233 e. The number of carbonyl (C=O) groups is 1. The summed E-state index contributed by atoms with van der Waals surface area (Å²) in [6, 6.07) is 14.0. The Bertz CT molecular complexity index is 938. The molecule has 2 unspecified atom stereocenters. The highest BCUT2D eigenvalue weighted by atomic mass is 32.2. The number of hydrogen-bond acceptors (Lipinski definition) is 4. The largest absolute Gasteiger partial charge is 0.342 e. The number of nitrogens with one attached hydrogen (secondary N) is 1. The van der Waals surface area contributed by atoms with Crippen molar-refractivity contribution in [2.45, 2.75) is 100 Å². The minimum absolute atomic E-state index is 0.00847. The first-order valence-electron chi connectivity index (χ1n) is 14.0. The molecule has 0 heterocycles. The first-order valence-corrected chi connectivity index (χ1v) is 14.9. The van der Waals surface area contributed by atoms with Crippen molar-refractivity contribution in [2.24, 2.45) is 5.92 Å². The van der Waals surface area contributed by atoms with Crippen LogP contribution in [-0.2, 0) is 4.79 Å². The minimum atomic E-state index is -0.163. The molecular weight excluding hydrogens is 462 g/mol. The number of amides is 1. The monoisotopic (exact) mass is 505 g/mol. The standard InChI is InChI=1S/C31H43N3OS/c1-24(2)22-29(30(35)33-21-20-32)36-31(18-16-26(17-19-31)25-10-4-3-5-11-25)23-34(27-12-6-7-13-27)28-14-8-9-15-28/h3-5,10-11,16-18,24,27-29H,6-9,12-15,19,21-23H2,1-2H3,(H,33,35). The third kappa shape index (κ3) is 7.05. The van der Waals surface area contributed by atoms with Crippen molar-refractivity contribution in [3.05, 3.63) is 54.1 Å². The second-order valence-corrected chi connectivity index (χ2v) is 12.9. The van der Waals surface area contributed by atoms with Crippen molar-refractivity contribution in [2.75, 3.05) is 13.1 Å². The third-order valence-corrected chi connectivity index (χ3v) is 9.67. The second-order valence-electron chi connectivity index (χ2n) is 11.3. The first-order chi connectivity index (χ1) is 17.5. The fourth-order valence-electron chi connectivity index (χ4n) is 6.24. The van der Waals surface area contributed by atoms with Crippen LogP contribution in [0.15, 0.2) is 48.6 Å². The number of hydrogen-bond donors (Lipinski definition) is 1. The number of thioether (sulfide) groups is 1. The molecule has 0 spiro atoms. The number of nitriles is 1.